The normalized spacial score (nSPS) is 11.4. The lowest BCUT2D eigenvalue weighted by atomic mass is 10.1. The predicted octanol–water partition coefficient (Wildman–Crippen LogP) is 5.48. The Kier molecular flexibility index (Phi) is 3.63. The van der Waals surface area contributed by atoms with Gasteiger partial charge in [-0.05, 0) is 47.2 Å². The standard InChI is InChI=1S/C17H12F3NO/c18-17(19,20)22-16-9-7-14(8-10-16)21-15-6-5-12-3-1-2-4-13(12)11-15/h1-11,21H. The van der Waals surface area contributed by atoms with Crippen molar-refractivity contribution in [2.45, 2.75) is 6.36 Å². The highest BCUT2D eigenvalue weighted by atomic mass is 19.4. The highest BCUT2D eigenvalue weighted by Crippen LogP contribution is 2.26. The second kappa shape index (κ2) is 5.60. The van der Waals surface area contributed by atoms with Crippen molar-refractivity contribution in [3.8, 4) is 5.75 Å². The van der Waals surface area contributed by atoms with Crippen molar-refractivity contribution in [3.05, 3.63) is 66.7 Å². The summed E-state index contributed by atoms with van der Waals surface area (Å²) in [6.07, 6.45) is -4.67. The number of alkyl halides is 3. The molecule has 0 radical (unpaired) electrons. The molecular weight excluding hydrogens is 291 g/mol. The maximum atomic E-state index is 12.1. The predicted molar refractivity (Wildman–Crippen MR) is 80.4 cm³/mol. The molecule has 0 saturated heterocycles. The van der Waals surface area contributed by atoms with Gasteiger partial charge in [0.05, 0.1) is 0 Å². The molecule has 22 heavy (non-hydrogen) atoms. The Balaban J connectivity index is 1.77. The van der Waals surface area contributed by atoms with Gasteiger partial charge in [0.25, 0.3) is 0 Å². The summed E-state index contributed by atoms with van der Waals surface area (Å²) in [7, 11) is 0. The molecule has 0 aliphatic heterocycles. The van der Waals surface area contributed by atoms with Crippen LogP contribution in [0.25, 0.3) is 10.8 Å². The first-order valence-corrected chi connectivity index (χ1v) is 6.61. The van der Waals surface area contributed by atoms with Crippen molar-refractivity contribution in [1.82, 2.24) is 0 Å². The van der Waals surface area contributed by atoms with Gasteiger partial charge in [-0.1, -0.05) is 30.3 Å². The number of hydrogen-bond acceptors (Lipinski definition) is 2. The molecule has 112 valence electrons. The molecule has 3 aromatic carbocycles. The number of anilines is 2. The summed E-state index contributed by atoms with van der Waals surface area (Å²) >= 11 is 0. The van der Waals surface area contributed by atoms with Crippen LogP contribution in [0.4, 0.5) is 24.5 Å². The largest absolute Gasteiger partial charge is 0.573 e. The summed E-state index contributed by atoms with van der Waals surface area (Å²) in [5.74, 6) is -0.239. The maximum absolute atomic E-state index is 12.1. The summed E-state index contributed by atoms with van der Waals surface area (Å²) in [4.78, 5) is 0. The van der Waals surface area contributed by atoms with Crippen molar-refractivity contribution in [3.63, 3.8) is 0 Å². The van der Waals surface area contributed by atoms with Crippen LogP contribution in [0.1, 0.15) is 0 Å². The molecule has 0 aliphatic rings. The highest BCUT2D eigenvalue weighted by Gasteiger charge is 2.30. The van der Waals surface area contributed by atoms with Gasteiger partial charge < -0.3 is 10.1 Å². The quantitative estimate of drug-likeness (QED) is 0.691. The van der Waals surface area contributed by atoms with E-state index in [1.165, 1.54) is 24.3 Å². The first-order valence-electron chi connectivity index (χ1n) is 6.61. The van der Waals surface area contributed by atoms with Crippen LogP contribution in [0.15, 0.2) is 66.7 Å². The van der Waals surface area contributed by atoms with Gasteiger partial charge in [0, 0.05) is 11.4 Å². The van der Waals surface area contributed by atoms with Crippen molar-refractivity contribution in [2.24, 2.45) is 0 Å². The fourth-order valence-corrected chi connectivity index (χ4v) is 2.17. The van der Waals surface area contributed by atoms with Crippen LogP contribution < -0.4 is 10.1 Å². The minimum absolute atomic E-state index is 0.239. The van der Waals surface area contributed by atoms with Crippen molar-refractivity contribution in [2.75, 3.05) is 5.32 Å². The van der Waals surface area contributed by atoms with E-state index in [1.807, 2.05) is 42.5 Å². The second-order valence-corrected chi connectivity index (χ2v) is 4.76. The Morgan fingerprint density at radius 1 is 0.727 bits per heavy atom. The molecule has 2 nitrogen and oxygen atoms in total. The minimum Gasteiger partial charge on any atom is -0.406 e. The fourth-order valence-electron chi connectivity index (χ4n) is 2.17. The van der Waals surface area contributed by atoms with E-state index in [0.717, 1.165) is 16.5 Å². The van der Waals surface area contributed by atoms with E-state index in [-0.39, 0.29) is 5.75 Å². The van der Waals surface area contributed by atoms with Gasteiger partial charge in [-0.25, -0.2) is 0 Å². The molecule has 3 rings (SSSR count). The average molecular weight is 303 g/mol. The number of rotatable bonds is 3. The Bertz CT molecular complexity index is 782. The van der Waals surface area contributed by atoms with Crippen molar-refractivity contribution < 1.29 is 17.9 Å². The summed E-state index contributed by atoms with van der Waals surface area (Å²) in [6.45, 7) is 0. The molecule has 5 heteroatoms. The summed E-state index contributed by atoms with van der Waals surface area (Å²) in [5, 5.41) is 5.36. The molecule has 0 spiro atoms. The Morgan fingerprint density at radius 3 is 2.05 bits per heavy atom. The highest BCUT2D eigenvalue weighted by molar-refractivity contribution is 5.86. The van der Waals surface area contributed by atoms with E-state index in [9.17, 15) is 13.2 Å². The van der Waals surface area contributed by atoms with E-state index in [4.69, 9.17) is 0 Å². The first-order chi connectivity index (χ1) is 10.5. The Labute approximate surface area is 125 Å². The van der Waals surface area contributed by atoms with Gasteiger partial charge in [-0.2, -0.15) is 0 Å². The van der Waals surface area contributed by atoms with Crippen LogP contribution in [-0.4, -0.2) is 6.36 Å². The zero-order chi connectivity index (χ0) is 15.6. The number of benzene rings is 3. The van der Waals surface area contributed by atoms with E-state index in [1.54, 1.807) is 0 Å². The molecular formula is C17H12F3NO. The molecule has 0 amide bonds. The van der Waals surface area contributed by atoms with Crippen LogP contribution in [0.3, 0.4) is 0 Å². The maximum Gasteiger partial charge on any atom is 0.573 e. The third kappa shape index (κ3) is 3.49. The number of nitrogens with one attached hydrogen (secondary N) is 1. The Hall–Kier alpha value is -2.69. The van der Waals surface area contributed by atoms with Crippen LogP contribution >= 0.6 is 0 Å². The topological polar surface area (TPSA) is 21.3 Å². The molecule has 3 aromatic rings. The zero-order valence-electron chi connectivity index (χ0n) is 11.4. The lowest BCUT2D eigenvalue weighted by molar-refractivity contribution is -0.274. The lowest BCUT2D eigenvalue weighted by Crippen LogP contribution is -2.16. The molecule has 0 saturated carbocycles. The molecule has 1 N–H and O–H groups in total. The van der Waals surface area contributed by atoms with E-state index in [0.29, 0.717) is 5.69 Å². The third-order valence-electron chi connectivity index (χ3n) is 3.13. The molecule has 0 aliphatic carbocycles. The summed E-state index contributed by atoms with van der Waals surface area (Å²) in [6, 6.07) is 19.4. The number of ether oxygens (including phenoxy) is 1. The molecule has 0 atom stereocenters. The monoisotopic (exact) mass is 303 g/mol. The Morgan fingerprint density at radius 2 is 1.36 bits per heavy atom. The molecule has 0 unspecified atom stereocenters. The zero-order valence-corrected chi connectivity index (χ0v) is 11.4. The first kappa shape index (κ1) is 14.3. The lowest BCUT2D eigenvalue weighted by Gasteiger charge is -2.11. The van der Waals surface area contributed by atoms with Gasteiger partial charge in [0.15, 0.2) is 0 Å². The SMILES string of the molecule is FC(F)(F)Oc1ccc(Nc2ccc3ccccc3c2)cc1. The van der Waals surface area contributed by atoms with Gasteiger partial charge in [-0.15, -0.1) is 13.2 Å². The van der Waals surface area contributed by atoms with E-state index >= 15 is 0 Å². The van der Waals surface area contributed by atoms with Gasteiger partial charge >= 0.3 is 6.36 Å². The summed E-state index contributed by atoms with van der Waals surface area (Å²) < 4.78 is 40.1. The fraction of sp³-hybridized carbons (Fsp3) is 0.0588. The number of hydrogen-bond donors (Lipinski definition) is 1. The minimum atomic E-state index is -4.67. The van der Waals surface area contributed by atoms with Gasteiger partial charge in [0.2, 0.25) is 0 Å². The smallest absolute Gasteiger partial charge is 0.406 e. The van der Waals surface area contributed by atoms with Crippen LogP contribution in [0.2, 0.25) is 0 Å². The van der Waals surface area contributed by atoms with Crippen molar-refractivity contribution >= 4 is 22.1 Å². The van der Waals surface area contributed by atoms with E-state index in [2.05, 4.69) is 10.1 Å². The van der Waals surface area contributed by atoms with Crippen LogP contribution in [0, 0.1) is 0 Å². The molecule has 0 bridgehead atoms. The second-order valence-electron chi connectivity index (χ2n) is 4.76. The third-order valence-corrected chi connectivity index (χ3v) is 3.13. The number of fused-ring (bicyclic) bond motifs is 1. The van der Waals surface area contributed by atoms with Crippen LogP contribution in [0.5, 0.6) is 5.75 Å². The molecule has 0 heterocycles. The van der Waals surface area contributed by atoms with E-state index < -0.39 is 6.36 Å². The van der Waals surface area contributed by atoms with Crippen molar-refractivity contribution in [1.29, 1.82) is 0 Å². The van der Waals surface area contributed by atoms with Gasteiger partial charge in [0.1, 0.15) is 5.75 Å². The number of halogens is 3. The average Bonchev–Trinajstić information content (AvgIpc) is 2.48. The summed E-state index contributed by atoms with van der Waals surface area (Å²) in [5.41, 5.74) is 1.55. The molecule has 0 fully saturated rings. The van der Waals surface area contributed by atoms with Crippen LogP contribution in [-0.2, 0) is 0 Å². The molecule has 0 aromatic heterocycles. The van der Waals surface area contributed by atoms with Gasteiger partial charge in [-0.3, -0.25) is 0 Å².